The van der Waals surface area contributed by atoms with Crippen molar-refractivity contribution in [2.45, 2.75) is 11.4 Å². The molecule has 0 aliphatic rings. The molecule has 0 atom stereocenters. The van der Waals surface area contributed by atoms with E-state index in [1.165, 1.54) is 0 Å². The number of H-pyrrole nitrogens is 1. The molecule has 0 spiro atoms. The smallest absolute Gasteiger partial charge is 0.243 e. The number of fused-ring (bicyclic) bond motifs is 1. The number of hydrogen-bond donors (Lipinski definition) is 2. The number of sulfonamides is 1. The summed E-state index contributed by atoms with van der Waals surface area (Å²) < 4.78 is 52.9. The van der Waals surface area contributed by atoms with Gasteiger partial charge in [0.1, 0.15) is 22.2 Å². The van der Waals surface area contributed by atoms with Crippen molar-refractivity contribution < 1.29 is 17.2 Å². The normalized spacial score (nSPS) is 11.9. The molecule has 5 nitrogen and oxygen atoms in total. The van der Waals surface area contributed by atoms with Crippen LogP contribution >= 0.6 is 0 Å². The van der Waals surface area contributed by atoms with E-state index in [1.54, 1.807) is 24.5 Å². The van der Waals surface area contributed by atoms with Gasteiger partial charge >= 0.3 is 0 Å². The van der Waals surface area contributed by atoms with E-state index < -0.39 is 26.6 Å². The molecule has 3 rings (SSSR count). The Hall–Kier alpha value is -2.32. The molecular weight excluding hydrogens is 312 g/mol. The summed E-state index contributed by atoms with van der Waals surface area (Å²) in [5.41, 5.74) is 1.30. The van der Waals surface area contributed by atoms with Gasteiger partial charge in [-0.25, -0.2) is 26.9 Å². The lowest BCUT2D eigenvalue weighted by Crippen LogP contribution is -2.24. The third kappa shape index (κ3) is 2.70. The van der Waals surface area contributed by atoms with Gasteiger partial charge in [-0.15, -0.1) is 0 Å². The largest absolute Gasteiger partial charge is 0.346 e. The molecule has 0 radical (unpaired) electrons. The molecule has 0 unspecified atom stereocenters. The van der Waals surface area contributed by atoms with Crippen LogP contribution in [0, 0.1) is 11.6 Å². The monoisotopic (exact) mass is 323 g/mol. The van der Waals surface area contributed by atoms with Crippen molar-refractivity contribution in [3.8, 4) is 0 Å². The number of rotatable bonds is 4. The highest BCUT2D eigenvalue weighted by atomic mass is 32.2. The van der Waals surface area contributed by atoms with Gasteiger partial charge in [0.25, 0.3) is 0 Å². The highest BCUT2D eigenvalue weighted by Gasteiger charge is 2.19. The Morgan fingerprint density at radius 1 is 1.23 bits per heavy atom. The van der Waals surface area contributed by atoms with Gasteiger partial charge < -0.3 is 4.98 Å². The molecule has 2 N–H and O–H groups in total. The van der Waals surface area contributed by atoms with Crippen LogP contribution in [0.4, 0.5) is 8.78 Å². The lowest BCUT2D eigenvalue weighted by molar-refractivity contribution is 0.543. The molecule has 0 saturated heterocycles. The van der Waals surface area contributed by atoms with E-state index in [9.17, 15) is 17.2 Å². The quantitative estimate of drug-likeness (QED) is 0.774. The van der Waals surface area contributed by atoms with Crippen LogP contribution < -0.4 is 4.72 Å². The van der Waals surface area contributed by atoms with Crippen molar-refractivity contribution in [3.05, 3.63) is 59.9 Å². The lowest BCUT2D eigenvalue weighted by atomic mass is 10.2. The minimum Gasteiger partial charge on any atom is -0.346 e. The van der Waals surface area contributed by atoms with Gasteiger partial charge in [0.2, 0.25) is 10.0 Å². The fourth-order valence-electron chi connectivity index (χ4n) is 2.10. The zero-order valence-corrected chi connectivity index (χ0v) is 12.0. The Balaban J connectivity index is 1.86. The first kappa shape index (κ1) is 14.6. The second-order valence-electron chi connectivity index (χ2n) is 4.61. The third-order valence-electron chi connectivity index (χ3n) is 3.17. The van der Waals surface area contributed by atoms with Crippen molar-refractivity contribution >= 4 is 21.1 Å². The van der Waals surface area contributed by atoms with Crippen LogP contribution in [0.5, 0.6) is 0 Å². The number of hydrogen-bond acceptors (Lipinski definition) is 3. The zero-order valence-electron chi connectivity index (χ0n) is 11.2. The predicted octanol–water partition coefficient (Wildman–Crippen LogP) is 2.32. The number of nitrogens with one attached hydrogen (secondary N) is 2. The molecule has 22 heavy (non-hydrogen) atoms. The Morgan fingerprint density at radius 3 is 2.82 bits per heavy atom. The molecular formula is C14H11F2N3O2S. The molecule has 2 aromatic heterocycles. The maximum Gasteiger partial charge on any atom is 0.243 e. The van der Waals surface area contributed by atoms with Crippen LogP contribution in [-0.2, 0) is 16.6 Å². The van der Waals surface area contributed by atoms with E-state index in [0.29, 0.717) is 17.3 Å². The molecule has 114 valence electrons. The second-order valence-corrected chi connectivity index (χ2v) is 6.35. The molecule has 1 aromatic carbocycles. The summed E-state index contributed by atoms with van der Waals surface area (Å²) in [5, 5.41) is 0.768. The average molecular weight is 323 g/mol. The Morgan fingerprint density at radius 2 is 2.05 bits per heavy atom. The fourth-order valence-corrected chi connectivity index (χ4v) is 3.17. The van der Waals surface area contributed by atoms with Crippen molar-refractivity contribution in [2.75, 3.05) is 0 Å². The summed E-state index contributed by atoms with van der Waals surface area (Å²) in [5.74, 6) is -1.97. The Bertz CT molecular complexity index is 938. The van der Waals surface area contributed by atoms with Gasteiger partial charge in [-0.05, 0) is 29.8 Å². The Labute approximate surface area is 125 Å². The summed E-state index contributed by atoms with van der Waals surface area (Å²) in [7, 11) is -4.08. The number of aromatic nitrogens is 2. The SMILES string of the molecule is O=S(=O)(NCc1c[nH]c2ncccc12)c1ccc(F)cc1F. The number of aromatic amines is 1. The maximum absolute atomic E-state index is 13.6. The molecule has 3 aromatic rings. The standard InChI is InChI=1S/C14H11F2N3O2S/c15-10-3-4-13(12(16)6-10)22(20,21)19-8-9-7-18-14-11(9)2-1-5-17-14/h1-7,19H,8H2,(H,17,18). The van der Waals surface area contributed by atoms with Crippen LogP contribution in [0.15, 0.2) is 47.6 Å². The van der Waals surface area contributed by atoms with E-state index >= 15 is 0 Å². The van der Waals surface area contributed by atoms with Crippen LogP contribution in [0.25, 0.3) is 11.0 Å². The molecule has 0 saturated carbocycles. The van der Waals surface area contributed by atoms with Crippen LogP contribution in [0.3, 0.4) is 0 Å². The van der Waals surface area contributed by atoms with Crippen molar-refractivity contribution in [3.63, 3.8) is 0 Å². The van der Waals surface area contributed by atoms with Crippen molar-refractivity contribution in [2.24, 2.45) is 0 Å². The maximum atomic E-state index is 13.6. The zero-order chi connectivity index (χ0) is 15.7. The molecule has 0 bridgehead atoms. The van der Waals surface area contributed by atoms with Gasteiger partial charge in [0.05, 0.1) is 0 Å². The predicted molar refractivity (Wildman–Crippen MR) is 76.5 cm³/mol. The number of nitrogens with zero attached hydrogens (tertiary/aromatic N) is 1. The minimum absolute atomic E-state index is 0.0369. The van der Waals surface area contributed by atoms with E-state index in [0.717, 1.165) is 17.5 Å². The van der Waals surface area contributed by atoms with Gasteiger partial charge in [-0.2, -0.15) is 0 Å². The summed E-state index contributed by atoms with van der Waals surface area (Å²) in [4.78, 5) is 6.42. The average Bonchev–Trinajstić information content (AvgIpc) is 2.88. The molecule has 0 aliphatic carbocycles. The van der Waals surface area contributed by atoms with E-state index in [4.69, 9.17) is 0 Å². The first-order chi connectivity index (χ1) is 10.5. The summed E-state index contributed by atoms with van der Waals surface area (Å²) >= 11 is 0. The van der Waals surface area contributed by atoms with Crippen molar-refractivity contribution in [1.29, 1.82) is 0 Å². The first-order valence-electron chi connectivity index (χ1n) is 6.33. The molecule has 2 heterocycles. The fraction of sp³-hybridized carbons (Fsp3) is 0.0714. The summed E-state index contributed by atoms with van der Waals surface area (Å²) in [6.07, 6.45) is 3.24. The molecule has 8 heteroatoms. The second kappa shape index (κ2) is 5.47. The first-order valence-corrected chi connectivity index (χ1v) is 7.81. The van der Waals surface area contributed by atoms with E-state index in [1.807, 2.05) is 0 Å². The van der Waals surface area contributed by atoms with Gasteiger partial charge in [0, 0.05) is 30.4 Å². The molecule has 0 amide bonds. The highest BCUT2D eigenvalue weighted by molar-refractivity contribution is 7.89. The van der Waals surface area contributed by atoms with Crippen LogP contribution in [-0.4, -0.2) is 18.4 Å². The highest BCUT2D eigenvalue weighted by Crippen LogP contribution is 2.18. The van der Waals surface area contributed by atoms with Gasteiger partial charge in [0.15, 0.2) is 0 Å². The molecule has 0 aliphatic heterocycles. The van der Waals surface area contributed by atoms with Crippen LogP contribution in [0.1, 0.15) is 5.56 Å². The van der Waals surface area contributed by atoms with E-state index in [2.05, 4.69) is 14.7 Å². The molecule has 0 fully saturated rings. The Kier molecular flexibility index (Phi) is 3.63. The van der Waals surface area contributed by atoms with Crippen LogP contribution in [0.2, 0.25) is 0 Å². The van der Waals surface area contributed by atoms with E-state index in [-0.39, 0.29) is 6.54 Å². The van der Waals surface area contributed by atoms with Gasteiger partial charge in [-0.1, -0.05) is 0 Å². The summed E-state index contributed by atoms with van der Waals surface area (Å²) in [6.45, 7) is -0.0369. The number of pyridine rings is 1. The number of benzene rings is 1. The third-order valence-corrected chi connectivity index (χ3v) is 4.61. The minimum atomic E-state index is -4.08. The summed E-state index contributed by atoms with van der Waals surface area (Å²) in [6, 6.07) is 5.84. The number of halogens is 2. The lowest BCUT2D eigenvalue weighted by Gasteiger charge is -2.07. The topological polar surface area (TPSA) is 74.8 Å². The van der Waals surface area contributed by atoms with Crippen molar-refractivity contribution in [1.82, 2.24) is 14.7 Å². The van der Waals surface area contributed by atoms with Gasteiger partial charge in [-0.3, -0.25) is 0 Å².